The van der Waals surface area contributed by atoms with Gasteiger partial charge < -0.3 is 0 Å². The van der Waals surface area contributed by atoms with Crippen molar-refractivity contribution in [1.82, 2.24) is 0 Å². The Morgan fingerprint density at radius 2 is 1.33 bits per heavy atom. The molecule has 0 N–H and O–H groups in total. The molecule has 0 aliphatic carbocycles. The fourth-order valence-corrected chi connectivity index (χ4v) is 5.85. The molecule has 0 fully saturated rings. The zero-order valence-corrected chi connectivity index (χ0v) is 22.2. The second-order valence-corrected chi connectivity index (χ2v) is 10.8. The van der Waals surface area contributed by atoms with Crippen LogP contribution in [0.25, 0.3) is 5.57 Å². The first-order valence-electron chi connectivity index (χ1n) is 11.4. The molecule has 0 saturated carbocycles. The Kier molecular flexibility index (Phi) is 6.10. The smallest absolute Gasteiger partial charge is 0.186 e. The molecule has 0 atom stereocenters. The lowest BCUT2D eigenvalue weighted by atomic mass is 9.96. The molecule has 0 radical (unpaired) electrons. The molecule has 0 unspecified atom stereocenters. The SMILES string of the molecule is CC(=O)SCc1c(I)cccc1C1=CC2=CC3=NC(=CC4=NC(=CC5=NC(=CC1=N2)C=C5)C=C4)C=C3. The van der Waals surface area contributed by atoms with Gasteiger partial charge in [0.15, 0.2) is 5.12 Å². The highest BCUT2D eigenvalue weighted by molar-refractivity contribution is 14.1. The van der Waals surface area contributed by atoms with Crippen molar-refractivity contribution in [2.24, 2.45) is 20.0 Å². The Morgan fingerprint density at radius 1 is 0.750 bits per heavy atom. The van der Waals surface area contributed by atoms with E-state index in [1.54, 1.807) is 6.92 Å². The number of aliphatic imine (C=N–C) groups is 4. The molecule has 8 bridgehead atoms. The highest BCUT2D eigenvalue weighted by Gasteiger charge is 2.21. The van der Waals surface area contributed by atoms with Crippen LogP contribution >= 0.6 is 34.4 Å². The van der Waals surface area contributed by atoms with Crippen LogP contribution in [-0.2, 0) is 10.5 Å². The Hall–Kier alpha value is -3.43. The minimum Gasteiger partial charge on any atom is -0.288 e. The summed E-state index contributed by atoms with van der Waals surface area (Å²) in [6.45, 7) is 1.60. The first kappa shape index (κ1) is 23.0. The number of fused-ring (bicyclic) bond motifs is 4. The van der Waals surface area contributed by atoms with E-state index in [2.05, 4.69) is 45.8 Å². The Balaban J connectivity index is 1.49. The van der Waals surface area contributed by atoms with Crippen LogP contribution in [0, 0.1) is 3.57 Å². The van der Waals surface area contributed by atoms with E-state index in [1.807, 2.05) is 66.8 Å². The lowest BCUT2D eigenvalue weighted by molar-refractivity contribution is -0.109. The maximum absolute atomic E-state index is 11.7. The number of carbonyl (C=O) groups is 1. The van der Waals surface area contributed by atoms with Gasteiger partial charge in [0.05, 0.1) is 45.6 Å². The third-order valence-corrected chi connectivity index (χ3v) is 7.72. The van der Waals surface area contributed by atoms with E-state index >= 15 is 0 Å². The molecule has 1 aromatic rings. The van der Waals surface area contributed by atoms with Gasteiger partial charge >= 0.3 is 0 Å². The van der Waals surface area contributed by atoms with Gasteiger partial charge in [-0.1, -0.05) is 23.9 Å². The standard InChI is InChI=1S/C29H19IN4OS/c1-17(35)36-16-27-25(3-2-4-28(27)30)26-14-24-13-22-8-7-20(32-22)11-18-5-6-19(31-18)12-21-9-10-23(33-21)15-29(26)34-24/h2-15H,16H2,1H3. The fraction of sp³-hybridized carbons (Fsp3) is 0.0690. The summed E-state index contributed by atoms with van der Waals surface area (Å²) in [5.41, 5.74) is 9.96. The third kappa shape index (κ3) is 4.81. The highest BCUT2D eigenvalue weighted by Crippen LogP contribution is 2.34. The Bertz CT molecular complexity index is 1600. The average molecular weight is 598 g/mol. The summed E-state index contributed by atoms with van der Waals surface area (Å²) in [4.78, 5) is 30.9. The molecule has 5 nitrogen and oxygen atoms in total. The minimum absolute atomic E-state index is 0.102. The molecule has 6 rings (SSSR count). The summed E-state index contributed by atoms with van der Waals surface area (Å²) in [5, 5.41) is 0.102. The quantitative estimate of drug-likeness (QED) is 0.374. The number of halogens is 1. The van der Waals surface area contributed by atoms with Crippen LogP contribution < -0.4 is 0 Å². The highest BCUT2D eigenvalue weighted by atomic mass is 127. The van der Waals surface area contributed by atoms with Crippen molar-refractivity contribution in [1.29, 1.82) is 0 Å². The van der Waals surface area contributed by atoms with Crippen LogP contribution in [0.5, 0.6) is 0 Å². The van der Waals surface area contributed by atoms with Gasteiger partial charge in [-0.2, -0.15) is 0 Å². The van der Waals surface area contributed by atoms with E-state index in [-0.39, 0.29) is 5.12 Å². The number of allylic oxidation sites excluding steroid dienone is 12. The first-order valence-corrected chi connectivity index (χ1v) is 13.5. The summed E-state index contributed by atoms with van der Waals surface area (Å²) in [6, 6.07) is 6.22. The van der Waals surface area contributed by atoms with Gasteiger partial charge in [0.1, 0.15) is 0 Å². The summed E-state index contributed by atoms with van der Waals surface area (Å²) in [6.07, 6.45) is 22.0. The molecule has 5 aliphatic rings. The van der Waals surface area contributed by atoms with E-state index < -0.39 is 0 Å². The minimum atomic E-state index is 0.102. The second-order valence-electron chi connectivity index (χ2n) is 8.49. The van der Waals surface area contributed by atoms with Crippen LogP contribution in [0.3, 0.4) is 0 Å². The van der Waals surface area contributed by atoms with Crippen molar-refractivity contribution in [3.63, 3.8) is 0 Å². The maximum atomic E-state index is 11.7. The summed E-state index contributed by atoms with van der Waals surface area (Å²) >= 11 is 3.66. The van der Waals surface area contributed by atoms with Crippen LogP contribution in [-0.4, -0.2) is 28.0 Å². The third-order valence-electron chi connectivity index (χ3n) is 5.87. The lowest BCUT2D eigenvalue weighted by Gasteiger charge is -2.12. The van der Waals surface area contributed by atoms with Gasteiger partial charge in [-0.05, 0) is 107 Å². The lowest BCUT2D eigenvalue weighted by Crippen LogP contribution is -2.02. The molecule has 0 spiro atoms. The molecular weight excluding hydrogens is 579 g/mol. The number of carbonyl (C=O) groups excluding carboxylic acids is 1. The number of thioether (sulfide) groups is 1. The van der Waals surface area contributed by atoms with E-state index in [1.165, 1.54) is 11.8 Å². The van der Waals surface area contributed by atoms with Gasteiger partial charge in [-0.15, -0.1) is 0 Å². The van der Waals surface area contributed by atoms with Crippen molar-refractivity contribution in [3.8, 4) is 0 Å². The Morgan fingerprint density at radius 3 is 1.94 bits per heavy atom. The van der Waals surface area contributed by atoms with Crippen LogP contribution in [0.2, 0.25) is 0 Å². The molecular formula is C29H19IN4OS. The monoisotopic (exact) mass is 598 g/mol. The normalized spacial score (nSPS) is 19.2. The van der Waals surface area contributed by atoms with Crippen LogP contribution in [0.15, 0.2) is 128 Å². The predicted molar refractivity (Wildman–Crippen MR) is 159 cm³/mol. The van der Waals surface area contributed by atoms with E-state index in [0.717, 1.165) is 65.9 Å². The molecule has 5 aliphatic heterocycles. The summed E-state index contributed by atoms with van der Waals surface area (Å²) in [5.74, 6) is 0.610. The molecule has 0 aromatic heterocycles. The van der Waals surface area contributed by atoms with Crippen molar-refractivity contribution in [2.45, 2.75) is 12.7 Å². The molecule has 36 heavy (non-hydrogen) atoms. The summed E-state index contributed by atoms with van der Waals surface area (Å²) in [7, 11) is 0. The zero-order chi connectivity index (χ0) is 24.6. The van der Waals surface area contributed by atoms with Crippen molar-refractivity contribution in [2.75, 3.05) is 0 Å². The van der Waals surface area contributed by atoms with Gasteiger partial charge in [0.25, 0.3) is 0 Å². The number of hydrogen-bond acceptors (Lipinski definition) is 6. The molecule has 7 heteroatoms. The maximum Gasteiger partial charge on any atom is 0.186 e. The molecule has 5 heterocycles. The number of rotatable bonds is 3. The largest absolute Gasteiger partial charge is 0.288 e. The zero-order valence-electron chi connectivity index (χ0n) is 19.3. The van der Waals surface area contributed by atoms with Crippen molar-refractivity contribution < 1.29 is 4.79 Å². The van der Waals surface area contributed by atoms with Gasteiger partial charge in [0.2, 0.25) is 0 Å². The molecule has 0 saturated heterocycles. The van der Waals surface area contributed by atoms with Crippen LogP contribution in [0.1, 0.15) is 18.1 Å². The van der Waals surface area contributed by atoms with E-state index in [4.69, 9.17) is 15.0 Å². The molecule has 0 amide bonds. The van der Waals surface area contributed by atoms with Gasteiger partial charge in [0, 0.05) is 21.8 Å². The van der Waals surface area contributed by atoms with E-state index in [9.17, 15) is 4.79 Å². The predicted octanol–water partition coefficient (Wildman–Crippen LogP) is 6.49. The second kappa shape index (κ2) is 9.55. The molecule has 174 valence electrons. The van der Waals surface area contributed by atoms with Crippen molar-refractivity contribution in [3.05, 3.63) is 123 Å². The van der Waals surface area contributed by atoms with Crippen LogP contribution in [0.4, 0.5) is 0 Å². The van der Waals surface area contributed by atoms with Gasteiger partial charge in [-0.3, -0.25) is 4.79 Å². The van der Waals surface area contributed by atoms with E-state index in [0.29, 0.717) is 5.75 Å². The fourth-order valence-electron chi connectivity index (χ4n) is 4.24. The number of nitrogens with zero attached hydrogens (tertiary/aromatic N) is 4. The van der Waals surface area contributed by atoms with Gasteiger partial charge in [-0.25, -0.2) is 20.0 Å². The summed E-state index contributed by atoms with van der Waals surface area (Å²) < 4.78 is 1.12. The Labute approximate surface area is 226 Å². The topological polar surface area (TPSA) is 66.5 Å². The van der Waals surface area contributed by atoms with Crippen molar-refractivity contribution >= 4 is 67.9 Å². The first-order chi connectivity index (χ1) is 17.5. The number of hydrogen-bond donors (Lipinski definition) is 0. The number of benzene rings is 1. The molecule has 1 aromatic carbocycles. The average Bonchev–Trinajstić information content (AvgIpc) is 3.63.